The monoisotopic (exact) mass is 331 g/mol. The molecule has 0 saturated carbocycles. The number of rotatable bonds is 12. The number of hydrogen-bond acceptors (Lipinski definition) is 2. The number of nitrogens with one attached hydrogen (secondary N) is 1. The molecule has 2 N–H and O–H groups in total. The SMILES string of the molecule is CCCCC/C=C\C1(/C=C\CCCC(=O)NCCO)C=CCC=C1. The maximum atomic E-state index is 11.5. The molecule has 1 aliphatic rings. The third-order valence-corrected chi connectivity index (χ3v) is 4.08. The van der Waals surface area contributed by atoms with Crippen LogP contribution < -0.4 is 5.32 Å². The Balaban J connectivity index is 2.42. The van der Waals surface area contributed by atoms with E-state index in [1.165, 1.54) is 19.3 Å². The summed E-state index contributed by atoms with van der Waals surface area (Å²) in [6.07, 6.45) is 26.1. The summed E-state index contributed by atoms with van der Waals surface area (Å²) in [6, 6.07) is 0. The van der Waals surface area contributed by atoms with E-state index in [1.54, 1.807) is 0 Å². The van der Waals surface area contributed by atoms with E-state index in [-0.39, 0.29) is 17.9 Å². The molecule has 1 aliphatic carbocycles. The average molecular weight is 332 g/mol. The average Bonchev–Trinajstić information content (AvgIpc) is 2.60. The van der Waals surface area contributed by atoms with Gasteiger partial charge in [-0.05, 0) is 32.1 Å². The number of carbonyl (C=O) groups excluding carboxylic acids is 1. The third-order valence-electron chi connectivity index (χ3n) is 4.08. The first kappa shape index (κ1) is 20.4. The zero-order valence-corrected chi connectivity index (χ0v) is 15.0. The van der Waals surface area contributed by atoms with E-state index < -0.39 is 0 Å². The molecular weight excluding hydrogens is 298 g/mol. The van der Waals surface area contributed by atoms with Gasteiger partial charge in [0.2, 0.25) is 5.91 Å². The number of unbranched alkanes of at least 4 members (excludes halogenated alkanes) is 4. The molecule has 3 heteroatoms. The van der Waals surface area contributed by atoms with Gasteiger partial charge in [0.15, 0.2) is 0 Å². The molecule has 0 aromatic heterocycles. The minimum atomic E-state index is -0.0936. The third kappa shape index (κ3) is 8.88. The molecule has 1 amide bonds. The van der Waals surface area contributed by atoms with Crippen LogP contribution in [0.5, 0.6) is 0 Å². The molecule has 0 aromatic carbocycles. The maximum absolute atomic E-state index is 11.5. The lowest BCUT2D eigenvalue weighted by Gasteiger charge is -2.21. The van der Waals surface area contributed by atoms with Crippen LogP contribution in [0.4, 0.5) is 0 Å². The number of hydrogen-bond donors (Lipinski definition) is 2. The fraction of sp³-hybridized carbons (Fsp3) is 0.571. The van der Waals surface area contributed by atoms with Gasteiger partial charge in [0.25, 0.3) is 0 Å². The molecule has 24 heavy (non-hydrogen) atoms. The Kier molecular flexibility index (Phi) is 10.9. The molecule has 134 valence electrons. The first-order valence-electron chi connectivity index (χ1n) is 9.31. The van der Waals surface area contributed by atoms with E-state index >= 15 is 0 Å². The van der Waals surface area contributed by atoms with Crippen molar-refractivity contribution >= 4 is 5.91 Å². The summed E-state index contributed by atoms with van der Waals surface area (Å²) in [6.45, 7) is 2.57. The van der Waals surface area contributed by atoms with Gasteiger partial charge in [-0.15, -0.1) is 0 Å². The maximum Gasteiger partial charge on any atom is 0.220 e. The molecular formula is C21H33NO2. The summed E-state index contributed by atoms with van der Waals surface area (Å²) in [4.78, 5) is 11.5. The minimum Gasteiger partial charge on any atom is -0.395 e. The molecule has 0 unspecified atom stereocenters. The van der Waals surface area contributed by atoms with Gasteiger partial charge in [-0.2, -0.15) is 0 Å². The van der Waals surface area contributed by atoms with Gasteiger partial charge < -0.3 is 10.4 Å². The Morgan fingerprint density at radius 2 is 1.79 bits per heavy atom. The largest absolute Gasteiger partial charge is 0.395 e. The van der Waals surface area contributed by atoms with E-state index in [4.69, 9.17) is 5.11 Å². The van der Waals surface area contributed by atoms with Crippen molar-refractivity contribution in [1.29, 1.82) is 0 Å². The van der Waals surface area contributed by atoms with Crippen molar-refractivity contribution in [3.8, 4) is 0 Å². The molecule has 0 bridgehead atoms. The van der Waals surface area contributed by atoms with Gasteiger partial charge in [0, 0.05) is 18.4 Å². The van der Waals surface area contributed by atoms with Gasteiger partial charge >= 0.3 is 0 Å². The molecule has 0 saturated heterocycles. The van der Waals surface area contributed by atoms with Crippen LogP contribution in [-0.4, -0.2) is 24.2 Å². The molecule has 1 rings (SSSR count). The number of amides is 1. The second kappa shape index (κ2) is 12.8. The molecule has 0 aromatic rings. The smallest absolute Gasteiger partial charge is 0.220 e. The minimum absolute atomic E-state index is 0.00256. The van der Waals surface area contributed by atoms with Crippen LogP contribution >= 0.6 is 0 Å². The van der Waals surface area contributed by atoms with Crippen LogP contribution in [0.25, 0.3) is 0 Å². The van der Waals surface area contributed by atoms with Gasteiger partial charge in [0.05, 0.1) is 6.61 Å². The van der Waals surface area contributed by atoms with Crippen LogP contribution in [0.3, 0.4) is 0 Å². The van der Waals surface area contributed by atoms with Crippen LogP contribution in [0, 0.1) is 5.41 Å². The Hall–Kier alpha value is -1.61. The van der Waals surface area contributed by atoms with Gasteiger partial charge in [-0.1, -0.05) is 68.4 Å². The number of aliphatic hydroxyl groups excluding tert-OH is 1. The first-order valence-corrected chi connectivity index (χ1v) is 9.31. The number of allylic oxidation sites excluding steroid dienone is 8. The second-order valence-electron chi connectivity index (χ2n) is 6.31. The summed E-state index contributed by atoms with van der Waals surface area (Å²) >= 11 is 0. The molecule has 0 heterocycles. The molecule has 3 nitrogen and oxygen atoms in total. The van der Waals surface area contributed by atoms with Crippen molar-refractivity contribution in [2.45, 2.75) is 58.3 Å². The summed E-state index contributed by atoms with van der Waals surface area (Å²) in [7, 11) is 0. The zero-order chi connectivity index (χ0) is 17.5. The highest BCUT2D eigenvalue weighted by Gasteiger charge is 2.17. The number of carbonyl (C=O) groups is 1. The van der Waals surface area contributed by atoms with Crippen molar-refractivity contribution in [1.82, 2.24) is 5.32 Å². The van der Waals surface area contributed by atoms with Crippen molar-refractivity contribution in [2.24, 2.45) is 5.41 Å². The normalized spacial score (nSPS) is 16.2. The van der Waals surface area contributed by atoms with Crippen LogP contribution in [0.1, 0.15) is 58.3 Å². The topological polar surface area (TPSA) is 49.3 Å². The van der Waals surface area contributed by atoms with E-state index in [2.05, 4.69) is 60.8 Å². The predicted molar refractivity (Wildman–Crippen MR) is 102 cm³/mol. The molecule has 0 spiro atoms. The van der Waals surface area contributed by atoms with E-state index in [0.29, 0.717) is 13.0 Å². The molecule has 0 aliphatic heterocycles. The molecule has 0 fully saturated rings. The van der Waals surface area contributed by atoms with Crippen molar-refractivity contribution in [2.75, 3.05) is 13.2 Å². The van der Waals surface area contributed by atoms with Crippen molar-refractivity contribution < 1.29 is 9.90 Å². The quantitative estimate of drug-likeness (QED) is 0.410. The van der Waals surface area contributed by atoms with Gasteiger partial charge in [-0.3, -0.25) is 4.79 Å². The highest BCUT2D eigenvalue weighted by molar-refractivity contribution is 5.75. The fourth-order valence-electron chi connectivity index (χ4n) is 2.71. The van der Waals surface area contributed by atoms with Crippen LogP contribution in [-0.2, 0) is 4.79 Å². The molecule has 0 radical (unpaired) electrons. The highest BCUT2D eigenvalue weighted by atomic mass is 16.3. The van der Waals surface area contributed by atoms with E-state index in [0.717, 1.165) is 25.7 Å². The number of aliphatic hydroxyl groups is 1. The Bertz CT molecular complexity index is 448. The highest BCUT2D eigenvalue weighted by Crippen LogP contribution is 2.29. The lowest BCUT2D eigenvalue weighted by molar-refractivity contribution is -0.121. The summed E-state index contributed by atoms with van der Waals surface area (Å²) in [5.74, 6) is 0.0143. The van der Waals surface area contributed by atoms with Crippen LogP contribution in [0.15, 0.2) is 48.6 Å². The Morgan fingerprint density at radius 1 is 1.12 bits per heavy atom. The van der Waals surface area contributed by atoms with Gasteiger partial charge in [0.1, 0.15) is 0 Å². The summed E-state index contributed by atoms with van der Waals surface area (Å²) in [5.41, 5.74) is -0.0936. The van der Waals surface area contributed by atoms with Crippen molar-refractivity contribution in [3.05, 3.63) is 48.6 Å². The molecule has 0 atom stereocenters. The standard InChI is InChI=1S/C21H33NO2/c1-2-3-4-5-9-14-21(16-11-7-12-17-21)15-10-6-8-13-20(24)22-18-19-23/h9-12,14-17,23H,2-8,13,18-19H2,1H3,(H,22,24)/b14-9-,15-10-. The van der Waals surface area contributed by atoms with E-state index in [1.807, 2.05) is 0 Å². The summed E-state index contributed by atoms with van der Waals surface area (Å²) in [5, 5.41) is 11.3. The predicted octanol–water partition coefficient (Wildman–Crippen LogP) is 4.46. The summed E-state index contributed by atoms with van der Waals surface area (Å²) < 4.78 is 0. The lowest BCUT2D eigenvalue weighted by Crippen LogP contribution is -2.25. The van der Waals surface area contributed by atoms with E-state index in [9.17, 15) is 4.79 Å². The van der Waals surface area contributed by atoms with Gasteiger partial charge in [-0.25, -0.2) is 0 Å². The Labute approximate surface area is 147 Å². The lowest BCUT2D eigenvalue weighted by atomic mass is 9.82. The Morgan fingerprint density at radius 3 is 2.42 bits per heavy atom. The first-order chi connectivity index (χ1) is 11.7. The second-order valence-corrected chi connectivity index (χ2v) is 6.31. The fourth-order valence-corrected chi connectivity index (χ4v) is 2.71. The zero-order valence-electron chi connectivity index (χ0n) is 15.0. The van der Waals surface area contributed by atoms with Crippen LogP contribution in [0.2, 0.25) is 0 Å². The van der Waals surface area contributed by atoms with Crippen molar-refractivity contribution in [3.63, 3.8) is 0 Å².